The van der Waals surface area contributed by atoms with Gasteiger partial charge in [-0.05, 0) is 110 Å². The van der Waals surface area contributed by atoms with Gasteiger partial charge >= 0.3 is 12.0 Å². The largest absolute Gasteiger partial charge is 0.481 e. The molecule has 0 spiro atoms. The third kappa shape index (κ3) is 16.3. The average molecular weight is 871 g/mol. The van der Waals surface area contributed by atoms with Crippen molar-refractivity contribution in [1.82, 2.24) is 26.3 Å². The van der Waals surface area contributed by atoms with Gasteiger partial charge < -0.3 is 42.7 Å². The Labute approximate surface area is 366 Å². The van der Waals surface area contributed by atoms with Gasteiger partial charge in [-0.25, -0.2) is 4.79 Å². The van der Waals surface area contributed by atoms with Gasteiger partial charge in [-0.1, -0.05) is 69.5 Å². The van der Waals surface area contributed by atoms with E-state index in [4.69, 9.17) is 5.73 Å². The van der Waals surface area contributed by atoms with Gasteiger partial charge in [-0.15, -0.1) is 0 Å². The molecular formula is C45H58N8O8S. The first-order chi connectivity index (χ1) is 29.6. The molecule has 9 N–H and O–H groups in total. The number of anilines is 2. The van der Waals surface area contributed by atoms with Crippen molar-refractivity contribution in [3.8, 4) is 0 Å². The van der Waals surface area contributed by atoms with Crippen LogP contribution in [0, 0.1) is 18.8 Å². The molecule has 0 aliphatic heterocycles. The van der Waals surface area contributed by atoms with E-state index in [0.29, 0.717) is 62.0 Å². The maximum absolute atomic E-state index is 13.8. The lowest BCUT2D eigenvalue weighted by atomic mass is 9.80. The highest BCUT2D eigenvalue weighted by Crippen LogP contribution is 2.29. The molecule has 0 saturated heterocycles. The molecule has 17 heteroatoms. The zero-order valence-electron chi connectivity index (χ0n) is 35.4. The van der Waals surface area contributed by atoms with Crippen molar-refractivity contribution in [1.29, 1.82) is 0 Å². The summed E-state index contributed by atoms with van der Waals surface area (Å²) in [4.78, 5) is 94.3. The summed E-state index contributed by atoms with van der Waals surface area (Å²) in [5.41, 5.74) is 8.01. The van der Waals surface area contributed by atoms with Crippen LogP contribution in [0.5, 0.6) is 0 Å². The van der Waals surface area contributed by atoms with Crippen LogP contribution in [-0.4, -0.2) is 74.5 Å². The molecule has 1 unspecified atom stereocenters. The molecule has 16 nitrogen and oxygen atoms in total. The van der Waals surface area contributed by atoms with Crippen LogP contribution in [0.25, 0.3) is 6.08 Å². The number of pyridine rings is 1. The van der Waals surface area contributed by atoms with Gasteiger partial charge in [0, 0.05) is 42.8 Å². The number of nitrogens with two attached hydrogens (primary N) is 1. The minimum absolute atomic E-state index is 0.0286. The van der Waals surface area contributed by atoms with E-state index >= 15 is 0 Å². The van der Waals surface area contributed by atoms with Gasteiger partial charge in [0.1, 0.15) is 11.6 Å². The van der Waals surface area contributed by atoms with Crippen molar-refractivity contribution in [2.75, 3.05) is 17.2 Å². The van der Waals surface area contributed by atoms with Crippen LogP contribution in [0.15, 0.2) is 79.1 Å². The van der Waals surface area contributed by atoms with Crippen molar-refractivity contribution >= 4 is 70.1 Å². The van der Waals surface area contributed by atoms with Gasteiger partial charge in [-0.2, -0.15) is 0 Å². The standard InChI is InChI=1S/C45H58N8O8S/c1-29(26-39(56)57)25-36(40(58)53-45(42(46)59)21-7-4-8-22-45)51-44(61)62-41(31(3)12-9-24-48-37(54)20-17-33-13-10-23-47-28-33)52-38(55)27-32-15-18-34(19-16-32)49-43(60)50-35-14-6-5-11-30(35)2/h5-6,10-11,13-20,23,28-29,31,36,41H,4,7-9,12,21-22,24-27H2,1-3H3,(H2,46,59)(H,48,54)(H,51,61)(H,52,55)(H,53,58)(H,56,57)(H2,49,50,60)/b20-17+/t29?,31-,36+,41-/m1/s1. The third-order valence-electron chi connectivity index (χ3n) is 10.6. The van der Waals surface area contributed by atoms with Crippen molar-refractivity contribution in [3.05, 3.63) is 95.8 Å². The van der Waals surface area contributed by atoms with Crippen LogP contribution in [-0.2, 0) is 30.4 Å². The number of benzene rings is 2. The number of primary amides is 1. The highest BCUT2D eigenvalue weighted by atomic mass is 32.2. The second-order valence-electron chi connectivity index (χ2n) is 15.8. The Morgan fingerprint density at radius 1 is 0.919 bits per heavy atom. The smallest absolute Gasteiger partial charge is 0.323 e. The Morgan fingerprint density at radius 3 is 2.31 bits per heavy atom. The molecule has 1 saturated carbocycles. The van der Waals surface area contributed by atoms with Crippen LogP contribution < -0.4 is 37.6 Å². The normalized spacial score (nSPS) is 15.2. The number of carboxylic acids is 1. The number of nitrogens with one attached hydrogen (secondary N) is 6. The Kier molecular flexibility index (Phi) is 19.0. The maximum Gasteiger partial charge on any atom is 0.323 e. The number of aryl methyl sites for hydroxylation is 1. The van der Waals surface area contributed by atoms with E-state index in [-0.39, 0.29) is 37.0 Å². The Morgan fingerprint density at radius 2 is 1.65 bits per heavy atom. The van der Waals surface area contributed by atoms with Gasteiger partial charge in [0.25, 0.3) is 5.24 Å². The molecule has 1 aliphatic carbocycles. The van der Waals surface area contributed by atoms with E-state index in [1.165, 1.54) is 6.08 Å². The predicted molar refractivity (Wildman–Crippen MR) is 240 cm³/mol. The fraction of sp³-hybridized carbons (Fsp3) is 0.422. The third-order valence-corrected chi connectivity index (χ3v) is 11.8. The van der Waals surface area contributed by atoms with E-state index in [9.17, 15) is 38.7 Å². The number of nitrogens with zero attached hydrogens (tertiary/aromatic N) is 1. The molecule has 4 atom stereocenters. The Balaban J connectivity index is 1.43. The highest BCUT2D eigenvalue weighted by molar-refractivity contribution is 8.14. The van der Waals surface area contributed by atoms with Crippen molar-refractivity contribution < 1.29 is 38.7 Å². The van der Waals surface area contributed by atoms with Crippen LogP contribution in [0.4, 0.5) is 21.0 Å². The summed E-state index contributed by atoms with van der Waals surface area (Å²) in [6.45, 7) is 5.72. The summed E-state index contributed by atoms with van der Waals surface area (Å²) in [6, 6.07) is 16.1. The zero-order valence-corrected chi connectivity index (χ0v) is 36.2. The molecule has 1 heterocycles. The van der Waals surface area contributed by atoms with E-state index in [2.05, 4.69) is 36.9 Å². The number of hydrogen-bond donors (Lipinski definition) is 8. The summed E-state index contributed by atoms with van der Waals surface area (Å²) in [6.07, 6.45) is 9.96. The van der Waals surface area contributed by atoms with Gasteiger partial charge in [0.15, 0.2) is 0 Å². The predicted octanol–water partition coefficient (Wildman–Crippen LogP) is 5.88. The monoisotopic (exact) mass is 870 g/mol. The lowest BCUT2D eigenvalue weighted by molar-refractivity contribution is -0.138. The SMILES string of the molecule is Cc1ccccc1NC(=O)Nc1ccc(CC(=O)N[C@H](SC(=O)N[C@@H](CC(C)CC(=O)O)C(=O)NC2(C(N)=O)CCCCC2)[C@H](C)CCCNC(=O)/C=C/c2cccnc2)cc1. The lowest BCUT2D eigenvalue weighted by Crippen LogP contribution is -2.62. The number of para-hydroxylation sites is 1. The first kappa shape index (κ1) is 48.4. The number of amides is 7. The zero-order chi connectivity index (χ0) is 45.1. The van der Waals surface area contributed by atoms with E-state index in [1.807, 2.05) is 38.1 Å². The number of rotatable bonds is 21. The number of urea groups is 1. The fourth-order valence-corrected chi connectivity index (χ4v) is 8.10. The van der Waals surface area contributed by atoms with Crippen molar-refractivity contribution in [2.45, 2.75) is 102 Å². The molecule has 3 aromatic rings. The first-order valence-electron chi connectivity index (χ1n) is 20.8. The summed E-state index contributed by atoms with van der Waals surface area (Å²) < 4.78 is 0. The first-order valence-corrected chi connectivity index (χ1v) is 21.7. The molecule has 332 valence electrons. The summed E-state index contributed by atoms with van der Waals surface area (Å²) in [5, 5.41) is 24.9. The number of carbonyl (C=O) groups excluding carboxylic acids is 6. The number of carbonyl (C=O) groups is 7. The van der Waals surface area contributed by atoms with E-state index < -0.39 is 51.9 Å². The number of carboxylic acid groups (broad SMARTS) is 1. The number of thioether (sulfide) groups is 1. The average Bonchev–Trinajstić information content (AvgIpc) is 3.23. The molecule has 4 rings (SSSR count). The minimum atomic E-state index is -1.28. The molecule has 1 fully saturated rings. The molecule has 1 aliphatic rings. The van der Waals surface area contributed by atoms with E-state index in [1.54, 1.807) is 61.8 Å². The molecule has 7 amide bonds. The number of aliphatic carboxylic acids is 1. The maximum atomic E-state index is 13.8. The van der Waals surface area contributed by atoms with E-state index in [0.717, 1.165) is 29.3 Å². The molecule has 2 aromatic carbocycles. The van der Waals surface area contributed by atoms with Crippen molar-refractivity contribution in [3.63, 3.8) is 0 Å². The van der Waals surface area contributed by atoms with Gasteiger partial charge in [-0.3, -0.25) is 33.8 Å². The van der Waals surface area contributed by atoms with Gasteiger partial charge in [0.2, 0.25) is 23.6 Å². The Bertz CT molecular complexity index is 2040. The molecule has 0 bridgehead atoms. The highest BCUT2D eigenvalue weighted by Gasteiger charge is 2.41. The second-order valence-corrected chi connectivity index (χ2v) is 16.9. The lowest BCUT2D eigenvalue weighted by Gasteiger charge is -2.36. The topological polar surface area (TPSA) is 251 Å². The Hall–Kier alpha value is -6.23. The molecule has 62 heavy (non-hydrogen) atoms. The van der Waals surface area contributed by atoms with Crippen LogP contribution >= 0.6 is 11.8 Å². The van der Waals surface area contributed by atoms with Crippen LogP contribution in [0.3, 0.4) is 0 Å². The van der Waals surface area contributed by atoms with Crippen LogP contribution in [0.2, 0.25) is 0 Å². The molecule has 0 radical (unpaired) electrons. The number of hydrogen-bond acceptors (Lipinski definition) is 9. The fourth-order valence-electron chi connectivity index (χ4n) is 7.10. The molecule has 1 aromatic heterocycles. The van der Waals surface area contributed by atoms with Crippen molar-refractivity contribution in [2.24, 2.45) is 17.6 Å². The number of aromatic nitrogens is 1. The molecular weight excluding hydrogens is 813 g/mol. The quantitative estimate of drug-likeness (QED) is 0.0359. The minimum Gasteiger partial charge on any atom is -0.481 e. The summed E-state index contributed by atoms with van der Waals surface area (Å²) in [5.74, 6) is -3.89. The van der Waals surface area contributed by atoms with Crippen LogP contribution in [0.1, 0.15) is 88.3 Å². The van der Waals surface area contributed by atoms with Gasteiger partial charge in [0.05, 0.1) is 11.8 Å². The summed E-state index contributed by atoms with van der Waals surface area (Å²) >= 11 is 0.782. The summed E-state index contributed by atoms with van der Waals surface area (Å²) in [7, 11) is 0. The second kappa shape index (κ2) is 24.3.